The molecule has 5 nitrogen and oxygen atoms in total. The predicted molar refractivity (Wildman–Crippen MR) is 58.1 cm³/mol. The van der Waals surface area contributed by atoms with E-state index in [-0.39, 0.29) is 5.97 Å². The van der Waals surface area contributed by atoms with E-state index in [9.17, 15) is 4.79 Å². The standard InChI is InChI=1S/C11H17N3O2/c1-3-16-11(15)10-9(12-14-13-10)8-5-4-7(2)6-8/h7-8H,3-6H2,1-2H3,(H,12,13,14). The number of hydrogen-bond donors (Lipinski definition) is 1. The first-order valence-electron chi connectivity index (χ1n) is 5.80. The molecule has 1 aromatic rings. The first-order chi connectivity index (χ1) is 7.72. The van der Waals surface area contributed by atoms with Gasteiger partial charge in [-0.15, -0.1) is 5.10 Å². The Morgan fingerprint density at radius 2 is 2.31 bits per heavy atom. The Labute approximate surface area is 94.6 Å². The van der Waals surface area contributed by atoms with E-state index < -0.39 is 0 Å². The van der Waals surface area contributed by atoms with Gasteiger partial charge in [-0.3, -0.25) is 0 Å². The zero-order valence-corrected chi connectivity index (χ0v) is 9.69. The first-order valence-corrected chi connectivity index (χ1v) is 5.80. The van der Waals surface area contributed by atoms with E-state index in [1.165, 1.54) is 6.42 Å². The lowest BCUT2D eigenvalue weighted by Crippen LogP contribution is -2.10. The molecule has 5 heteroatoms. The molecule has 1 aliphatic rings. The molecule has 0 aromatic carbocycles. The number of nitrogens with zero attached hydrogens (tertiary/aromatic N) is 2. The second-order valence-electron chi connectivity index (χ2n) is 4.39. The number of esters is 1. The number of H-pyrrole nitrogens is 1. The summed E-state index contributed by atoms with van der Waals surface area (Å²) in [6, 6.07) is 0. The van der Waals surface area contributed by atoms with Crippen LogP contribution in [0.3, 0.4) is 0 Å². The molecule has 0 spiro atoms. The van der Waals surface area contributed by atoms with Crippen LogP contribution < -0.4 is 0 Å². The molecule has 1 heterocycles. The van der Waals surface area contributed by atoms with Crippen LogP contribution in [-0.2, 0) is 4.74 Å². The molecule has 2 unspecified atom stereocenters. The smallest absolute Gasteiger partial charge is 0.360 e. The van der Waals surface area contributed by atoms with E-state index in [0.29, 0.717) is 24.1 Å². The molecule has 0 bridgehead atoms. The van der Waals surface area contributed by atoms with E-state index in [2.05, 4.69) is 22.3 Å². The van der Waals surface area contributed by atoms with Gasteiger partial charge in [0.1, 0.15) is 5.69 Å². The van der Waals surface area contributed by atoms with Crippen LogP contribution in [0, 0.1) is 5.92 Å². The number of aromatic amines is 1. The maximum Gasteiger partial charge on any atom is 0.360 e. The number of carbonyl (C=O) groups excluding carboxylic acids is 1. The number of rotatable bonds is 3. The summed E-state index contributed by atoms with van der Waals surface area (Å²) < 4.78 is 4.95. The molecule has 2 atom stereocenters. The summed E-state index contributed by atoms with van der Waals surface area (Å²) in [4.78, 5) is 11.6. The Bertz CT molecular complexity index is 375. The van der Waals surface area contributed by atoms with Crippen molar-refractivity contribution in [3.05, 3.63) is 11.4 Å². The summed E-state index contributed by atoms with van der Waals surface area (Å²) in [5.41, 5.74) is 1.14. The van der Waals surface area contributed by atoms with Crippen LogP contribution in [0.1, 0.15) is 55.2 Å². The predicted octanol–water partition coefficient (Wildman–Crippen LogP) is 1.89. The Morgan fingerprint density at radius 3 is 2.94 bits per heavy atom. The quantitative estimate of drug-likeness (QED) is 0.794. The summed E-state index contributed by atoms with van der Waals surface area (Å²) in [7, 11) is 0. The van der Waals surface area contributed by atoms with Crippen LogP contribution in [0.2, 0.25) is 0 Å². The Morgan fingerprint density at radius 1 is 1.50 bits per heavy atom. The van der Waals surface area contributed by atoms with E-state index in [1.54, 1.807) is 6.92 Å². The minimum Gasteiger partial charge on any atom is -0.461 e. The van der Waals surface area contributed by atoms with Crippen LogP contribution in [0.25, 0.3) is 0 Å². The SMILES string of the molecule is CCOC(=O)c1n[nH]nc1C1CCC(C)C1. The highest BCUT2D eigenvalue weighted by Gasteiger charge is 2.30. The number of aromatic nitrogens is 3. The van der Waals surface area contributed by atoms with E-state index >= 15 is 0 Å². The Kier molecular flexibility index (Phi) is 3.22. The average Bonchev–Trinajstić information content (AvgIpc) is 2.85. The van der Waals surface area contributed by atoms with Crippen LogP contribution >= 0.6 is 0 Å². The topological polar surface area (TPSA) is 67.9 Å². The van der Waals surface area contributed by atoms with Crippen LogP contribution in [-0.4, -0.2) is 28.0 Å². The molecule has 16 heavy (non-hydrogen) atoms. The summed E-state index contributed by atoms with van der Waals surface area (Å²) in [6.45, 7) is 4.38. The fraction of sp³-hybridized carbons (Fsp3) is 0.727. The van der Waals surface area contributed by atoms with Crippen LogP contribution in [0.4, 0.5) is 0 Å². The van der Waals surface area contributed by atoms with Gasteiger partial charge in [0.15, 0.2) is 5.69 Å². The number of carbonyl (C=O) groups is 1. The molecular formula is C11H17N3O2. The second-order valence-corrected chi connectivity index (χ2v) is 4.39. The number of nitrogens with one attached hydrogen (secondary N) is 1. The van der Waals surface area contributed by atoms with Crippen molar-refractivity contribution in [2.75, 3.05) is 6.61 Å². The molecule has 1 N–H and O–H groups in total. The summed E-state index contributed by atoms with van der Waals surface area (Å²) in [5, 5.41) is 10.5. The summed E-state index contributed by atoms with van der Waals surface area (Å²) >= 11 is 0. The molecule has 1 fully saturated rings. The zero-order valence-electron chi connectivity index (χ0n) is 9.69. The highest BCUT2D eigenvalue weighted by molar-refractivity contribution is 5.88. The zero-order chi connectivity index (χ0) is 11.5. The van der Waals surface area contributed by atoms with Gasteiger partial charge in [0, 0.05) is 5.92 Å². The minimum atomic E-state index is -0.370. The van der Waals surface area contributed by atoms with E-state index in [1.807, 2.05) is 0 Å². The highest BCUT2D eigenvalue weighted by atomic mass is 16.5. The molecule has 1 saturated carbocycles. The largest absolute Gasteiger partial charge is 0.461 e. The molecule has 1 aliphatic carbocycles. The lowest BCUT2D eigenvalue weighted by atomic mass is 10.0. The molecule has 0 aliphatic heterocycles. The maximum absolute atomic E-state index is 11.6. The van der Waals surface area contributed by atoms with Gasteiger partial charge in [0.25, 0.3) is 0 Å². The first kappa shape index (κ1) is 11.1. The van der Waals surface area contributed by atoms with Crippen molar-refractivity contribution in [3.8, 4) is 0 Å². The van der Waals surface area contributed by atoms with Gasteiger partial charge in [-0.25, -0.2) is 4.79 Å². The Hall–Kier alpha value is -1.39. The minimum absolute atomic E-state index is 0.355. The monoisotopic (exact) mass is 223 g/mol. The number of ether oxygens (including phenoxy) is 1. The van der Waals surface area contributed by atoms with Crippen molar-refractivity contribution in [2.45, 2.75) is 39.0 Å². The fourth-order valence-corrected chi connectivity index (χ4v) is 2.33. The summed E-state index contributed by atoms with van der Waals surface area (Å²) in [6.07, 6.45) is 3.36. The van der Waals surface area contributed by atoms with E-state index in [0.717, 1.165) is 18.5 Å². The third-order valence-corrected chi connectivity index (χ3v) is 3.13. The molecular weight excluding hydrogens is 206 g/mol. The normalized spacial score (nSPS) is 24.6. The van der Waals surface area contributed by atoms with Crippen LogP contribution in [0.15, 0.2) is 0 Å². The lowest BCUT2D eigenvalue weighted by molar-refractivity contribution is 0.0517. The maximum atomic E-state index is 11.6. The highest BCUT2D eigenvalue weighted by Crippen LogP contribution is 2.37. The molecule has 0 radical (unpaired) electrons. The third kappa shape index (κ3) is 2.08. The molecule has 0 saturated heterocycles. The van der Waals surface area contributed by atoms with E-state index in [4.69, 9.17) is 4.74 Å². The van der Waals surface area contributed by atoms with Gasteiger partial charge in [-0.2, -0.15) is 10.3 Å². The van der Waals surface area contributed by atoms with Gasteiger partial charge in [0.05, 0.1) is 6.61 Å². The number of hydrogen-bond acceptors (Lipinski definition) is 4. The van der Waals surface area contributed by atoms with Gasteiger partial charge in [-0.05, 0) is 25.7 Å². The molecule has 88 valence electrons. The second kappa shape index (κ2) is 4.63. The van der Waals surface area contributed by atoms with Gasteiger partial charge < -0.3 is 4.74 Å². The fourth-order valence-electron chi connectivity index (χ4n) is 2.33. The van der Waals surface area contributed by atoms with Gasteiger partial charge in [-0.1, -0.05) is 13.3 Å². The van der Waals surface area contributed by atoms with Gasteiger partial charge >= 0.3 is 5.97 Å². The molecule has 0 amide bonds. The van der Waals surface area contributed by atoms with Crippen molar-refractivity contribution in [2.24, 2.45) is 5.92 Å². The summed E-state index contributed by atoms with van der Waals surface area (Å²) in [5.74, 6) is 0.690. The van der Waals surface area contributed by atoms with Crippen molar-refractivity contribution >= 4 is 5.97 Å². The molecule has 1 aromatic heterocycles. The van der Waals surface area contributed by atoms with Crippen LogP contribution in [0.5, 0.6) is 0 Å². The average molecular weight is 223 g/mol. The van der Waals surface area contributed by atoms with Crippen molar-refractivity contribution < 1.29 is 9.53 Å². The third-order valence-electron chi connectivity index (χ3n) is 3.13. The lowest BCUT2D eigenvalue weighted by Gasteiger charge is -2.07. The van der Waals surface area contributed by atoms with Crippen molar-refractivity contribution in [1.82, 2.24) is 15.4 Å². The van der Waals surface area contributed by atoms with Gasteiger partial charge in [0.2, 0.25) is 0 Å². The van der Waals surface area contributed by atoms with Crippen molar-refractivity contribution in [1.29, 1.82) is 0 Å². The molecule has 2 rings (SSSR count). The van der Waals surface area contributed by atoms with Crippen molar-refractivity contribution in [3.63, 3.8) is 0 Å². The Balaban J connectivity index is 2.15.